The Hall–Kier alpha value is -2.83. The summed E-state index contributed by atoms with van der Waals surface area (Å²) >= 11 is 0. The third kappa shape index (κ3) is 3.87. The van der Waals surface area contributed by atoms with Gasteiger partial charge in [0, 0.05) is 23.1 Å². The normalized spacial score (nSPS) is 12.5. The Kier molecular flexibility index (Phi) is 5.25. The van der Waals surface area contributed by atoms with E-state index in [0.29, 0.717) is 35.0 Å². The minimum atomic E-state index is -0.648. The van der Waals surface area contributed by atoms with E-state index in [1.54, 1.807) is 36.4 Å². The maximum atomic E-state index is 11.3. The van der Waals surface area contributed by atoms with Crippen LogP contribution >= 0.6 is 0 Å². The van der Waals surface area contributed by atoms with Gasteiger partial charge < -0.3 is 19.5 Å². The van der Waals surface area contributed by atoms with Crippen molar-refractivity contribution in [2.75, 3.05) is 6.61 Å². The van der Waals surface area contributed by atoms with Crippen LogP contribution in [0.5, 0.6) is 11.5 Å². The molecule has 0 fully saturated rings. The molecule has 0 aliphatic carbocycles. The summed E-state index contributed by atoms with van der Waals surface area (Å²) in [5.41, 5.74) is 3.48. The Labute approximate surface area is 150 Å². The Morgan fingerprint density at radius 2 is 1.92 bits per heavy atom. The van der Waals surface area contributed by atoms with E-state index in [1.165, 1.54) is 12.1 Å². The number of rotatable bonds is 6. The lowest BCUT2D eigenvalue weighted by Crippen LogP contribution is -2.18. The predicted octanol–water partition coefficient (Wildman–Crippen LogP) is 3.60. The van der Waals surface area contributed by atoms with Crippen molar-refractivity contribution in [1.82, 2.24) is 5.48 Å². The highest BCUT2D eigenvalue weighted by atomic mass is 16.5. The summed E-state index contributed by atoms with van der Waals surface area (Å²) in [5, 5.41) is 20.8. The van der Waals surface area contributed by atoms with Crippen molar-refractivity contribution in [3.05, 3.63) is 70.1 Å². The number of hydrogen-bond donors (Lipinski definition) is 3. The molecule has 2 aromatic carbocycles. The second-order valence-corrected chi connectivity index (χ2v) is 6.54. The van der Waals surface area contributed by atoms with E-state index < -0.39 is 11.7 Å². The smallest absolute Gasteiger partial charge is 0.336 e. The SMILES string of the molecule is CC(C)COc1ccc(C(NO)c2ccc3oc(=O)ccc3c2)c(O)c1. The van der Waals surface area contributed by atoms with Gasteiger partial charge in [0.05, 0.1) is 12.6 Å². The summed E-state index contributed by atoms with van der Waals surface area (Å²) in [7, 11) is 0. The standard InChI is InChI=1S/C20H21NO5/c1-12(2)11-25-15-5-6-16(17(22)10-15)20(21-24)14-3-7-18-13(9-14)4-8-19(23)26-18/h3-10,12,20-22,24H,11H2,1-2H3. The van der Waals surface area contributed by atoms with Crippen LogP contribution in [-0.2, 0) is 0 Å². The molecule has 0 aliphatic heterocycles. The van der Waals surface area contributed by atoms with Gasteiger partial charge in [0.25, 0.3) is 0 Å². The maximum absolute atomic E-state index is 11.3. The van der Waals surface area contributed by atoms with E-state index in [4.69, 9.17) is 9.15 Å². The van der Waals surface area contributed by atoms with Gasteiger partial charge in [0.1, 0.15) is 17.1 Å². The molecule has 3 aromatic rings. The quantitative estimate of drug-likeness (QED) is 0.462. The average Bonchev–Trinajstić information content (AvgIpc) is 2.62. The third-order valence-corrected chi connectivity index (χ3v) is 4.00. The minimum absolute atomic E-state index is 0.0116. The zero-order valence-corrected chi connectivity index (χ0v) is 14.6. The van der Waals surface area contributed by atoms with E-state index in [1.807, 2.05) is 13.8 Å². The first-order valence-corrected chi connectivity index (χ1v) is 8.37. The molecule has 136 valence electrons. The first kappa shape index (κ1) is 18.0. The average molecular weight is 355 g/mol. The van der Waals surface area contributed by atoms with Crippen molar-refractivity contribution in [3.8, 4) is 11.5 Å². The molecule has 1 heterocycles. The van der Waals surface area contributed by atoms with Gasteiger partial charge in [-0.15, -0.1) is 0 Å². The largest absolute Gasteiger partial charge is 0.507 e. The van der Waals surface area contributed by atoms with Gasteiger partial charge in [-0.2, -0.15) is 5.48 Å². The van der Waals surface area contributed by atoms with E-state index in [2.05, 4.69) is 5.48 Å². The summed E-state index contributed by atoms with van der Waals surface area (Å²) in [5.74, 6) is 0.954. The highest BCUT2D eigenvalue weighted by Gasteiger charge is 2.18. The third-order valence-electron chi connectivity index (χ3n) is 4.00. The molecule has 0 radical (unpaired) electrons. The predicted molar refractivity (Wildman–Crippen MR) is 97.7 cm³/mol. The Morgan fingerprint density at radius 1 is 1.12 bits per heavy atom. The van der Waals surface area contributed by atoms with Gasteiger partial charge in [0.2, 0.25) is 0 Å². The Morgan fingerprint density at radius 3 is 2.62 bits per heavy atom. The molecule has 0 saturated carbocycles. The fourth-order valence-electron chi connectivity index (χ4n) is 2.71. The van der Waals surface area contributed by atoms with Gasteiger partial charge >= 0.3 is 5.63 Å². The molecule has 0 aliphatic rings. The van der Waals surface area contributed by atoms with Gasteiger partial charge in [-0.25, -0.2) is 4.79 Å². The van der Waals surface area contributed by atoms with Crippen LogP contribution in [0.3, 0.4) is 0 Å². The van der Waals surface area contributed by atoms with Crippen molar-refractivity contribution in [2.24, 2.45) is 5.92 Å². The number of benzene rings is 2. The molecule has 0 saturated heterocycles. The number of nitrogens with one attached hydrogen (secondary N) is 1. The highest BCUT2D eigenvalue weighted by molar-refractivity contribution is 5.77. The molecule has 3 N–H and O–H groups in total. The second kappa shape index (κ2) is 7.59. The topological polar surface area (TPSA) is 91.9 Å². The van der Waals surface area contributed by atoms with E-state index >= 15 is 0 Å². The van der Waals surface area contributed by atoms with E-state index in [-0.39, 0.29) is 5.75 Å². The first-order valence-electron chi connectivity index (χ1n) is 8.37. The second-order valence-electron chi connectivity index (χ2n) is 6.54. The monoisotopic (exact) mass is 355 g/mol. The van der Waals surface area contributed by atoms with Crippen LogP contribution in [0.15, 0.2) is 57.7 Å². The molecule has 26 heavy (non-hydrogen) atoms. The number of aromatic hydroxyl groups is 1. The summed E-state index contributed by atoms with van der Waals surface area (Å²) in [6, 6.07) is 12.5. The van der Waals surface area contributed by atoms with Crippen molar-refractivity contribution in [1.29, 1.82) is 0 Å². The number of hydrogen-bond acceptors (Lipinski definition) is 6. The molecule has 0 spiro atoms. The molecular formula is C20H21NO5. The van der Waals surface area contributed by atoms with Gasteiger partial charge in [-0.3, -0.25) is 0 Å². The van der Waals surface area contributed by atoms with Crippen molar-refractivity contribution in [3.63, 3.8) is 0 Å². The van der Waals surface area contributed by atoms with Gasteiger partial charge in [-0.1, -0.05) is 19.9 Å². The van der Waals surface area contributed by atoms with Crippen molar-refractivity contribution in [2.45, 2.75) is 19.9 Å². The lowest BCUT2D eigenvalue weighted by molar-refractivity contribution is 0.140. The fraction of sp³-hybridized carbons (Fsp3) is 0.250. The lowest BCUT2D eigenvalue weighted by atomic mass is 9.97. The summed E-state index contributed by atoms with van der Waals surface area (Å²) in [4.78, 5) is 11.3. The van der Waals surface area contributed by atoms with Crippen molar-refractivity contribution >= 4 is 11.0 Å². The highest BCUT2D eigenvalue weighted by Crippen LogP contribution is 2.33. The molecule has 6 nitrogen and oxygen atoms in total. The number of phenolic OH excluding ortho intramolecular Hbond substituents is 1. The zero-order valence-electron chi connectivity index (χ0n) is 14.6. The molecule has 1 atom stereocenters. The van der Waals surface area contributed by atoms with Crippen LogP contribution < -0.4 is 15.8 Å². The van der Waals surface area contributed by atoms with Crippen LogP contribution in [0.2, 0.25) is 0 Å². The molecule has 6 heteroatoms. The molecule has 3 rings (SSSR count). The summed E-state index contributed by atoms with van der Waals surface area (Å²) in [6.07, 6.45) is 0. The minimum Gasteiger partial charge on any atom is -0.507 e. The van der Waals surface area contributed by atoms with E-state index in [9.17, 15) is 15.1 Å². The maximum Gasteiger partial charge on any atom is 0.336 e. The summed E-state index contributed by atoms with van der Waals surface area (Å²) < 4.78 is 10.7. The molecule has 1 unspecified atom stereocenters. The fourth-order valence-corrected chi connectivity index (χ4v) is 2.71. The van der Waals surface area contributed by atoms with E-state index in [0.717, 1.165) is 5.39 Å². The van der Waals surface area contributed by atoms with Crippen LogP contribution in [-0.4, -0.2) is 16.9 Å². The van der Waals surface area contributed by atoms with Crippen LogP contribution in [0.4, 0.5) is 0 Å². The Balaban J connectivity index is 1.93. The van der Waals surface area contributed by atoms with Gasteiger partial charge in [0.15, 0.2) is 0 Å². The number of fused-ring (bicyclic) bond motifs is 1. The number of phenols is 1. The van der Waals surface area contributed by atoms with Crippen molar-refractivity contribution < 1.29 is 19.5 Å². The Bertz CT molecular complexity index is 964. The van der Waals surface area contributed by atoms with Crippen LogP contribution in [0.25, 0.3) is 11.0 Å². The molecule has 1 aromatic heterocycles. The number of hydroxylamine groups is 1. The van der Waals surface area contributed by atoms with Crippen LogP contribution in [0, 0.1) is 5.92 Å². The molecule has 0 amide bonds. The zero-order chi connectivity index (χ0) is 18.7. The van der Waals surface area contributed by atoms with Crippen LogP contribution in [0.1, 0.15) is 31.0 Å². The summed E-state index contributed by atoms with van der Waals surface area (Å²) in [6.45, 7) is 4.64. The molecular weight excluding hydrogens is 334 g/mol. The first-order chi connectivity index (χ1) is 12.5. The lowest BCUT2D eigenvalue weighted by Gasteiger charge is -2.18. The van der Waals surface area contributed by atoms with Gasteiger partial charge in [-0.05, 0) is 41.8 Å². The number of ether oxygens (including phenoxy) is 1. The molecule has 0 bridgehead atoms.